The summed E-state index contributed by atoms with van der Waals surface area (Å²) >= 11 is 1.19. The highest BCUT2D eigenvalue weighted by atomic mass is 32.2. The van der Waals surface area contributed by atoms with Crippen LogP contribution in [0.1, 0.15) is 64.4 Å². The smallest absolute Gasteiger partial charge is 0.252 e. The van der Waals surface area contributed by atoms with E-state index in [2.05, 4.69) is 26.0 Å². The van der Waals surface area contributed by atoms with Gasteiger partial charge in [-0.1, -0.05) is 49.3 Å². The summed E-state index contributed by atoms with van der Waals surface area (Å²) in [7, 11) is -0.735. The maximum atomic E-state index is 14.1. The Kier molecular flexibility index (Phi) is 7.66. The molecule has 0 bridgehead atoms. The lowest BCUT2D eigenvalue weighted by Gasteiger charge is -2.56. The van der Waals surface area contributed by atoms with Crippen molar-refractivity contribution in [2.45, 2.75) is 81.3 Å². The van der Waals surface area contributed by atoms with E-state index in [1.807, 2.05) is 6.07 Å². The summed E-state index contributed by atoms with van der Waals surface area (Å²) in [6, 6.07) is 8.77. The molecule has 0 spiro atoms. The minimum atomic E-state index is -3.88. The predicted molar refractivity (Wildman–Crippen MR) is 164 cm³/mol. The summed E-state index contributed by atoms with van der Waals surface area (Å²) in [5.41, 5.74) is 1.87. The highest BCUT2D eigenvalue weighted by molar-refractivity contribution is 7.91. The van der Waals surface area contributed by atoms with Crippen LogP contribution in [0.15, 0.2) is 63.2 Å². The molecule has 1 aromatic heterocycles. The number of hydrogen-bond donors (Lipinski definition) is 2. The van der Waals surface area contributed by atoms with Crippen LogP contribution in [-0.4, -0.2) is 55.4 Å². The van der Waals surface area contributed by atoms with Gasteiger partial charge in [0.05, 0.1) is 25.9 Å². The topological polar surface area (TPSA) is 96.3 Å². The molecule has 0 radical (unpaired) electrons. The minimum Gasteiger partial charge on any atom is -0.497 e. The zero-order valence-corrected chi connectivity index (χ0v) is 26.6. The molecule has 1 aromatic carbocycles. The molecule has 2 N–H and O–H groups in total. The molecule has 0 amide bonds. The number of hydrogen-bond acceptors (Lipinski definition) is 7. The molecular formula is C33H43NO6S2. The second-order valence-corrected chi connectivity index (χ2v) is 16.3. The Labute approximate surface area is 253 Å². The molecule has 228 valence electrons. The number of nitrogens with zero attached hydrogens (tertiary/aromatic N) is 1. The molecule has 3 fully saturated rings. The van der Waals surface area contributed by atoms with Crippen LogP contribution in [0.4, 0.5) is 0 Å². The molecule has 6 atom stereocenters. The fourth-order valence-corrected chi connectivity index (χ4v) is 11.2. The van der Waals surface area contributed by atoms with Gasteiger partial charge >= 0.3 is 0 Å². The average Bonchev–Trinajstić information content (AvgIpc) is 3.61. The summed E-state index contributed by atoms with van der Waals surface area (Å²) < 4.78 is 40.9. The van der Waals surface area contributed by atoms with Gasteiger partial charge in [0.15, 0.2) is 0 Å². The summed E-state index contributed by atoms with van der Waals surface area (Å²) in [5, 5.41) is 24.7. The zero-order chi connectivity index (χ0) is 29.9. The van der Waals surface area contributed by atoms with Gasteiger partial charge in [0, 0.05) is 30.1 Å². The first-order valence-electron chi connectivity index (χ1n) is 15.0. The van der Waals surface area contributed by atoms with Crippen molar-refractivity contribution in [3.05, 3.63) is 64.6 Å². The van der Waals surface area contributed by atoms with Crippen LogP contribution in [0.5, 0.6) is 11.5 Å². The predicted octanol–water partition coefficient (Wildman–Crippen LogP) is 5.93. The highest BCUT2D eigenvalue weighted by Crippen LogP contribution is 2.66. The van der Waals surface area contributed by atoms with Crippen molar-refractivity contribution in [1.82, 2.24) is 4.31 Å². The molecule has 0 aliphatic heterocycles. The van der Waals surface area contributed by atoms with Crippen molar-refractivity contribution >= 4 is 21.4 Å². The standard InChI is InChI=1S/C33H43NO6S2/c1-31-14-11-24(35)18-23(31)8-10-26-27(31)12-15-32(2)28(26)13-16-33(32,36)21-34(42(37,38)30-6-5-17-41-30)20-22-7-9-25(39-3)19-29(22)40-4/h5-10,17,19,24,27-28,35-36H,11-16,18,20-21H2,1-4H3/t24-,27-,28-,31-,32-,33+/m0/s1. The fraction of sp³-hybridized carbons (Fsp3) is 0.576. The van der Waals surface area contributed by atoms with Crippen LogP contribution < -0.4 is 9.47 Å². The molecule has 0 unspecified atom stereocenters. The fourth-order valence-electron chi connectivity index (χ4n) is 8.58. The number of aliphatic hydroxyl groups excluding tert-OH is 1. The Balaban J connectivity index is 1.34. The van der Waals surface area contributed by atoms with Crippen LogP contribution in [0.2, 0.25) is 0 Å². The zero-order valence-electron chi connectivity index (χ0n) is 25.0. The number of rotatable bonds is 8. The number of ether oxygens (including phenoxy) is 2. The van der Waals surface area contributed by atoms with E-state index >= 15 is 0 Å². The number of allylic oxidation sites excluding steroid dienone is 3. The van der Waals surface area contributed by atoms with Crippen molar-refractivity contribution in [2.75, 3.05) is 20.8 Å². The van der Waals surface area contributed by atoms with Gasteiger partial charge in [-0.3, -0.25) is 0 Å². The van der Waals surface area contributed by atoms with Crippen LogP contribution >= 0.6 is 11.3 Å². The monoisotopic (exact) mass is 613 g/mol. The lowest BCUT2D eigenvalue weighted by molar-refractivity contribution is -0.0934. The van der Waals surface area contributed by atoms with Crippen molar-refractivity contribution in [3.63, 3.8) is 0 Å². The Bertz CT molecular complexity index is 1500. The molecule has 4 aliphatic rings. The molecule has 0 saturated heterocycles. The van der Waals surface area contributed by atoms with Crippen LogP contribution in [-0.2, 0) is 16.6 Å². The summed E-state index contributed by atoms with van der Waals surface area (Å²) in [6.45, 7) is 4.63. The van der Waals surface area contributed by atoms with Gasteiger partial charge in [-0.2, -0.15) is 4.31 Å². The van der Waals surface area contributed by atoms with Gasteiger partial charge in [0.1, 0.15) is 15.7 Å². The van der Waals surface area contributed by atoms with E-state index in [9.17, 15) is 18.6 Å². The van der Waals surface area contributed by atoms with Gasteiger partial charge in [0.25, 0.3) is 10.0 Å². The molecule has 1 heterocycles. The lowest BCUT2D eigenvalue weighted by Crippen LogP contribution is -2.56. The second kappa shape index (κ2) is 10.8. The molecule has 2 aromatic rings. The summed E-state index contributed by atoms with van der Waals surface area (Å²) in [5.74, 6) is 1.76. The van der Waals surface area contributed by atoms with Crippen molar-refractivity contribution in [1.29, 1.82) is 0 Å². The molecule has 42 heavy (non-hydrogen) atoms. The van der Waals surface area contributed by atoms with E-state index in [-0.39, 0.29) is 34.7 Å². The van der Waals surface area contributed by atoms with Gasteiger partial charge in [-0.05, 0) is 79.7 Å². The van der Waals surface area contributed by atoms with Gasteiger partial charge < -0.3 is 19.7 Å². The highest BCUT2D eigenvalue weighted by Gasteiger charge is 2.62. The molecule has 3 saturated carbocycles. The Morgan fingerprint density at radius 1 is 1.02 bits per heavy atom. The average molecular weight is 614 g/mol. The van der Waals surface area contributed by atoms with E-state index in [4.69, 9.17) is 9.47 Å². The van der Waals surface area contributed by atoms with E-state index in [0.717, 1.165) is 38.5 Å². The molecular weight excluding hydrogens is 570 g/mol. The van der Waals surface area contributed by atoms with E-state index in [1.165, 1.54) is 26.8 Å². The van der Waals surface area contributed by atoms with Crippen LogP contribution in [0.3, 0.4) is 0 Å². The van der Waals surface area contributed by atoms with E-state index in [1.54, 1.807) is 43.9 Å². The van der Waals surface area contributed by atoms with E-state index < -0.39 is 21.0 Å². The maximum Gasteiger partial charge on any atom is 0.252 e. The Morgan fingerprint density at radius 2 is 1.81 bits per heavy atom. The Morgan fingerprint density at radius 3 is 2.52 bits per heavy atom. The van der Waals surface area contributed by atoms with Gasteiger partial charge in [-0.15, -0.1) is 11.3 Å². The maximum absolute atomic E-state index is 14.1. The van der Waals surface area contributed by atoms with Crippen LogP contribution in [0, 0.1) is 22.7 Å². The van der Waals surface area contributed by atoms with Crippen molar-refractivity contribution in [2.24, 2.45) is 22.7 Å². The van der Waals surface area contributed by atoms with Gasteiger partial charge in [0.2, 0.25) is 0 Å². The van der Waals surface area contributed by atoms with Crippen LogP contribution in [0.25, 0.3) is 0 Å². The van der Waals surface area contributed by atoms with Crippen molar-refractivity contribution < 1.29 is 28.1 Å². The first-order chi connectivity index (χ1) is 19.9. The minimum absolute atomic E-state index is 0.0118. The normalized spacial score (nSPS) is 34.2. The number of sulfonamides is 1. The third-order valence-electron chi connectivity index (χ3n) is 11.2. The SMILES string of the molecule is COc1ccc(CN(C[C@]2(O)CC[C@H]3C4=CC=C5C[C@@H](O)CC[C@]5(C)[C@H]4CC[C@@]32C)S(=O)(=O)c2cccs2)c(OC)c1. The second-order valence-electron chi connectivity index (χ2n) is 13.2. The van der Waals surface area contributed by atoms with Gasteiger partial charge in [-0.25, -0.2) is 8.42 Å². The molecule has 7 nitrogen and oxygen atoms in total. The largest absolute Gasteiger partial charge is 0.497 e. The molecule has 9 heteroatoms. The third-order valence-corrected chi connectivity index (χ3v) is 14.4. The quantitative estimate of drug-likeness (QED) is 0.383. The first-order valence-corrected chi connectivity index (χ1v) is 17.3. The first kappa shape index (κ1) is 29.9. The lowest BCUT2D eigenvalue weighted by atomic mass is 9.50. The van der Waals surface area contributed by atoms with Crippen molar-refractivity contribution in [3.8, 4) is 11.5 Å². The molecule has 6 rings (SSSR count). The number of fused-ring (bicyclic) bond motifs is 5. The summed E-state index contributed by atoms with van der Waals surface area (Å²) in [6.07, 6.45) is 9.96. The number of methoxy groups -OCH3 is 2. The third kappa shape index (κ3) is 4.67. The number of benzene rings is 1. The Hall–Kier alpha value is -2.17. The van der Waals surface area contributed by atoms with E-state index in [0.29, 0.717) is 29.4 Å². The molecule has 4 aliphatic carbocycles. The summed E-state index contributed by atoms with van der Waals surface area (Å²) in [4.78, 5) is 0. The number of thiophene rings is 1. The number of aliphatic hydroxyl groups is 2.